The Hall–Kier alpha value is -7.54. The fraction of sp³-hybridized carbons (Fsp3) is 0. The van der Waals surface area contributed by atoms with E-state index in [1.165, 1.54) is 6.07 Å². The van der Waals surface area contributed by atoms with Gasteiger partial charge in [-0.15, -0.1) is 0 Å². The molecule has 0 bridgehead atoms. The second kappa shape index (κ2) is 13.0. The van der Waals surface area contributed by atoms with E-state index in [2.05, 4.69) is 0 Å². The standard InChI is InChI=1S/C58H36/c1-2-12-45-35-46(28-19-37(45)9-1)51-31-29-44-30-32-53-55(42-24-20-40(21-25-42)49-17-7-13-38-10-3-5-15-47(38)49)36-56(54-34-33-52(51)57(44)58(53)54)43-26-22-41(23-27-43)50-18-8-14-39-11-4-6-16-48(39)50/h1-36H/i3D,4D,5D,6D,7D,8D,10D,11D,13D,14D,15D,16D,17D,18D,20D,21D,22D,23D,24D,25D,26D,27D. The van der Waals surface area contributed by atoms with Crippen LogP contribution in [-0.4, -0.2) is 0 Å². The summed E-state index contributed by atoms with van der Waals surface area (Å²) in [6, 6.07) is 10.1. The Bertz CT molecular complexity index is 4570. The molecule has 0 unspecified atom stereocenters. The third kappa shape index (κ3) is 5.16. The summed E-state index contributed by atoms with van der Waals surface area (Å²) >= 11 is 0. The van der Waals surface area contributed by atoms with Crippen LogP contribution in [0.2, 0.25) is 0 Å². The van der Waals surface area contributed by atoms with Crippen molar-refractivity contribution in [3.63, 3.8) is 0 Å². The van der Waals surface area contributed by atoms with Gasteiger partial charge in [0.15, 0.2) is 0 Å². The maximum absolute atomic E-state index is 9.76. The average molecular weight is 755 g/mol. The van der Waals surface area contributed by atoms with Crippen molar-refractivity contribution in [3.8, 4) is 55.6 Å². The van der Waals surface area contributed by atoms with Crippen molar-refractivity contribution in [2.75, 3.05) is 0 Å². The minimum absolute atomic E-state index is 0.0170. The van der Waals surface area contributed by atoms with Crippen LogP contribution in [-0.2, 0) is 0 Å². The minimum atomic E-state index is -0.783. The fourth-order valence-electron chi connectivity index (χ4n) is 8.06. The van der Waals surface area contributed by atoms with E-state index in [4.69, 9.17) is 19.2 Å². The minimum Gasteiger partial charge on any atom is -0.0616 e. The highest BCUT2D eigenvalue weighted by molar-refractivity contribution is 6.30. The molecule has 0 saturated carbocycles. The largest absolute Gasteiger partial charge is 0.0629 e. The van der Waals surface area contributed by atoms with Crippen molar-refractivity contribution >= 4 is 64.6 Å². The normalized spacial score (nSPS) is 17.1. The van der Waals surface area contributed by atoms with E-state index in [-0.39, 0.29) is 22.3 Å². The SMILES string of the molecule is [2H]c1c([2H])c(-c2c([2H])c([2H])c([2H])c3c([2H])c([2H])c([2H])c([2H])c23)c([2H])c([2H])c1-c1cc(-c2c([2H])c([2H])c(-c3c([2H])c([2H])c([2H])c4c([2H])c([2H])c([2H])c([2H])c34)c([2H])c2[2H])c2ccc3c(-c4ccc5ccccc5c4)ccc4ccc1c2c43. The molecule has 0 saturated heterocycles. The third-order valence-electron chi connectivity index (χ3n) is 10.8. The fourth-order valence-corrected chi connectivity index (χ4v) is 8.06. The second-order valence-corrected chi connectivity index (χ2v) is 13.9. The molecule has 0 aromatic heterocycles. The second-order valence-electron chi connectivity index (χ2n) is 13.9. The summed E-state index contributed by atoms with van der Waals surface area (Å²) in [6.45, 7) is 0. The molecule has 0 N–H and O–H groups in total. The van der Waals surface area contributed by atoms with Crippen LogP contribution in [0.25, 0.3) is 120 Å². The first-order chi connectivity index (χ1) is 37.9. The first-order valence-electron chi connectivity index (χ1n) is 29.4. The Morgan fingerprint density at radius 2 is 0.707 bits per heavy atom. The Labute approximate surface area is 368 Å². The van der Waals surface area contributed by atoms with Gasteiger partial charge in [0.1, 0.15) is 0 Å². The molecule has 0 radical (unpaired) electrons. The summed E-state index contributed by atoms with van der Waals surface area (Å²) in [6.07, 6.45) is 0. The first kappa shape index (κ1) is 17.7. The Kier molecular flexibility index (Phi) is 3.98. The molecule has 12 aromatic carbocycles. The molecule has 0 aliphatic heterocycles. The lowest BCUT2D eigenvalue weighted by atomic mass is 9.83. The molecule has 0 heteroatoms. The van der Waals surface area contributed by atoms with Gasteiger partial charge < -0.3 is 0 Å². The smallest absolute Gasteiger partial charge is 0.0616 e. The number of fused-ring (bicyclic) bond motifs is 3. The molecule has 0 nitrogen and oxygen atoms in total. The quantitative estimate of drug-likeness (QED) is 0.154. The van der Waals surface area contributed by atoms with Gasteiger partial charge in [0.2, 0.25) is 0 Å². The van der Waals surface area contributed by atoms with E-state index >= 15 is 0 Å². The van der Waals surface area contributed by atoms with Crippen LogP contribution in [0.3, 0.4) is 0 Å². The lowest BCUT2D eigenvalue weighted by Crippen LogP contribution is -1.93. The van der Waals surface area contributed by atoms with Crippen LogP contribution in [0, 0.1) is 0 Å². The van der Waals surface area contributed by atoms with Crippen LogP contribution in [0.1, 0.15) is 30.2 Å². The van der Waals surface area contributed by atoms with Crippen molar-refractivity contribution < 1.29 is 30.2 Å². The van der Waals surface area contributed by atoms with Gasteiger partial charge in [0.25, 0.3) is 0 Å². The van der Waals surface area contributed by atoms with E-state index in [1.54, 1.807) is 12.1 Å². The Morgan fingerprint density at radius 1 is 0.241 bits per heavy atom. The highest BCUT2D eigenvalue weighted by Crippen LogP contribution is 2.47. The molecule has 0 atom stereocenters. The molecule has 0 spiro atoms. The number of rotatable bonds is 5. The summed E-state index contributed by atoms with van der Waals surface area (Å²) < 4.78 is 199. The summed E-state index contributed by atoms with van der Waals surface area (Å²) in [7, 11) is 0. The van der Waals surface area contributed by atoms with Crippen molar-refractivity contribution in [2.24, 2.45) is 0 Å². The van der Waals surface area contributed by atoms with Gasteiger partial charge in [-0.1, -0.05) is 206 Å². The molecular weight excluding hydrogens is 697 g/mol. The van der Waals surface area contributed by atoms with Crippen LogP contribution in [0.15, 0.2) is 218 Å². The van der Waals surface area contributed by atoms with Crippen molar-refractivity contribution in [1.29, 1.82) is 0 Å². The summed E-state index contributed by atoms with van der Waals surface area (Å²) in [4.78, 5) is 0. The molecule has 0 aliphatic rings. The van der Waals surface area contributed by atoms with Gasteiger partial charge in [0.05, 0.1) is 30.2 Å². The molecule has 0 amide bonds. The maximum Gasteiger partial charge on any atom is 0.0629 e. The van der Waals surface area contributed by atoms with Crippen molar-refractivity contribution in [2.45, 2.75) is 0 Å². The first-order valence-corrected chi connectivity index (χ1v) is 18.4. The van der Waals surface area contributed by atoms with E-state index in [9.17, 15) is 11.0 Å². The van der Waals surface area contributed by atoms with Gasteiger partial charge in [-0.25, -0.2) is 0 Å². The number of hydrogen-bond acceptors (Lipinski definition) is 0. The molecule has 58 heavy (non-hydrogen) atoms. The number of benzene rings is 12. The zero-order chi connectivity index (χ0) is 57.3. The van der Waals surface area contributed by atoms with Gasteiger partial charge >= 0.3 is 0 Å². The maximum atomic E-state index is 9.76. The predicted octanol–water partition coefficient (Wildman–Crippen LogP) is 16.4. The van der Waals surface area contributed by atoms with E-state index < -0.39 is 177 Å². The van der Waals surface area contributed by atoms with Crippen molar-refractivity contribution in [1.82, 2.24) is 0 Å². The lowest BCUT2D eigenvalue weighted by molar-refractivity contribution is 1.61. The molecule has 12 aromatic rings. The van der Waals surface area contributed by atoms with Crippen LogP contribution < -0.4 is 0 Å². The predicted molar refractivity (Wildman–Crippen MR) is 250 cm³/mol. The molecule has 0 heterocycles. The lowest BCUT2D eigenvalue weighted by Gasteiger charge is -2.20. The van der Waals surface area contributed by atoms with Crippen molar-refractivity contribution in [3.05, 3.63) is 218 Å². The Balaban J connectivity index is 1.21. The molecular formula is C58H36. The molecule has 12 rings (SSSR count). The third-order valence-corrected chi connectivity index (χ3v) is 10.8. The molecule has 268 valence electrons. The highest BCUT2D eigenvalue weighted by atomic mass is 14.2. The molecule has 0 aliphatic carbocycles. The molecule has 0 fully saturated rings. The van der Waals surface area contributed by atoms with E-state index in [0.717, 1.165) is 27.3 Å². The van der Waals surface area contributed by atoms with Crippen LogP contribution in [0.5, 0.6) is 0 Å². The number of hydrogen-bond donors (Lipinski definition) is 0. The van der Waals surface area contributed by atoms with Gasteiger partial charge in [-0.2, -0.15) is 0 Å². The topological polar surface area (TPSA) is 0 Å². The van der Waals surface area contributed by atoms with Gasteiger partial charge in [-0.05, 0) is 132 Å². The van der Waals surface area contributed by atoms with E-state index in [0.29, 0.717) is 26.9 Å². The average Bonchev–Trinajstić information content (AvgIpc) is 3.52. The Morgan fingerprint density at radius 3 is 1.31 bits per heavy atom. The zero-order valence-corrected chi connectivity index (χ0v) is 30.1. The highest BCUT2D eigenvalue weighted by Gasteiger charge is 2.19. The van der Waals surface area contributed by atoms with Gasteiger partial charge in [0, 0.05) is 0 Å². The van der Waals surface area contributed by atoms with Crippen LogP contribution >= 0.6 is 0 Å². The van der Waals surface area contributed by atoms with E-state index in [1.807, 2.05) is 66.7 Å². The monoisotopic (exact) mass is 754 g/mol. The summed E-state index contributed by atoms with van der Waals surface area (Å²) in [5.41, 5.74) is -1.17. The van der Waals surface area contributed by atoms with Crippen LogP contribution in [0.4, 0.5) is 0 Å². The van der Waals surface area contributed by atoms with Gasteiger partial charge in [-0.3, -0.25) is 0 Å². The summed E-state index contributed by atoms with van der Waals surface area (Å²) in [5, 5.41) is 3.44. The summed E-state index contributed by atoms with van der Waals surface area (Å²) in [5.74, 6) is 0. The zero-order valence-electron chi connectivity index (χ0n) is 52.1.